The van der Waals surface area contributed by atoms with Crippen molar-refractivity contribution < 1.29 is 4.74 Å². The second kappa shape index (κ2) is 4.70. The molecule has 0 radical (unpaired) electrons. The van der Waals surface area contributed by atoms with Crippen LogP contribution in [0.15, 0.2) is 0 Å². The Morgan fingerprint density at radius 1 is 1.64 bits per heavy atom. The zero-order valence-electron chi connectivity index (χ0n) is 7.25. The van der Waals surface area contributed by atoms with Gasteiger partial charge < -0.3 is 10.5 Å². The summed E-state index contributed by atoms with van der Waals surface area (Å²) < 4.78 is 5.42. The van der Waals surface area contributed by atoms with Crippen LogP contribution in [-0.4, -0.2) is 43.8 Å². The average molecular weight is 158 g/mol. The van der Waals surface area contributed by atoms with Crippen molar-refractivity contribution in [2.45, 2.75) is 19.4 Å². The third-order valence-corrected chi connectivity index (χ3v) is 2.00. The quantitative estimate of drug-likeness (QED) is 0.631. The third-order valence-electron chi connectivity index (χ3n) is 2.00. The van der Waals surface area contributed by atoms with Crippen LogP contribution < -0.4 is 5.73 Å². The van der Waals surface area contributed by atoms with Gasteiger partial charge in [-0.2, -0.15) is 0 Å². The number of nitrogens with two attached hydrogens (primary N) is 1. The van der Waals surface area contributed by atoms with Crippen molar-refractivity contribution in [3.05, 3.63) is 0 Å². The van der Waals surface area contributed by atoms with Gasteiger partial charge in [-0.05, 0) is 26.4 Å². The minimum Gasteiger partial charge on any atom is -0.376 e. The SMILES string of the molecule is C[C@H]1CN(CCCN)CCO1. The van der Waals surface area contributed by atoms with Gasteiger partial charge in [0.1, 0.15) is 0 Å². The van der Waals surface area contributed by atoms with E-state index in [0.717, 1.165) is 39.2 Å². The van der Waals surface area contributed by atoms with E-state index in [9.17, 15) is 0 Å². The molecule has 0 bridgehead atoms. The first kappa shape index (κ1) is 8.97. The minimum absolute atomic E-state index is 0.404. The van der Waals surface area contributed by atoms with Crippen molar-refractivity contribution in [1.29, 1.82) is 0 Å². The summed E-state index contributed by atoms with van der Waals surface area (Å²) in [4.78, 5) is 2.42. The number of hydrogen-bond donors (Lipinski definition) is 1. The Bertz CT molecular complexity index is 108. The van der Waals surface area contributed by atoms with E-state index >= 15 is 0 Å². The molecule has 66 valence electrons. The van der Waals surface area contributed by atoms with Gasteiger partial charge in [-0.15, -0.1) is 0 Å². The van der Waals surface area contributed by atoms with Gasteiger partial charge in [-0.1, -0.05) is 0 Å². The lowest BCUT2D eigenvalue weighted by atomic mass is 10.3. The highest BCUT2D eigenvalue weighted by atomic mass is 16.5. The van der Waals surface area contributed by atoms with Gasteiger partial charge in [0.25, 0.3) is 0 Å². The standard InChI is InChI=1S/C8H18N2O/c1-8-7-10(4-2-3-9)5-6-11-8/h8H,2-7,9H2,1H3/t8-/m0/s1. The maximum atomic E-state index is 5.42. The van der Waals surface area contributed by atoms with Crippen LogP contribution in [0.1, 0.15) is 13.3 Å². The summed E-state index contributed by atoms with van der Waals surface area (Å²) in [5, 5.41) is 0. The highest BCUT2D eigenvalue weighted by Crippen LogP contribution is 2.03. The zero-order valence-corrected chi connectivity index (χ0v) is 7.25. The Balaban J connectivity index is 2.12. The normalized spacial score (nSPS) is 27.3. The molecule has 0 saturated carbocycles. The van der Waals surface area contributed by atoms with Crippen LogP contribution >= 0.6 is 0 Å². The molecule has 2 N–H and O–H groups in total. The number of nitrogens with zero attached hydrogens (tertiary/aromatic N) is 1. The van der Waals surface area contributed by atoms with Gasteiger partial charge in [0.2, 0.25) is 0 Å². The van der Waals surface area contributed by atoms with Crippen LogP contribution in [-0.2, 0) is 4.74 Å². The van der Waals surface area contributed by atoms with Gasteiger partial charge >= 0.3 is 0 Å². The highest BCUT2D eigenvalue weighted by molar-refractivity contribution is 4.67. The highest BCUT2D eigenvalue weighted by Gasteiger charge is 2.14. The van der Waals surface area contributed by atoms with Crippen LogP contribution in [0.5, 0.6) is 0 Å². The van der Waals surface area contributed by atoms with Crippen LogP contribution in [0.25, 0.3) is 0 Å². The Kier molecular flexibility index (Phi) is 3.83. The van der Waals surface area contributed by atoms with Gasteiger partial charge in [-0.25, -0.2) is 0 Å². The fourth-order valence-corrected chi connectivity index (χ4v) is 1.41. The molecule has 0 aromatic heterocycles. The van der Waals surface area contributed by atoms with Crippen LogP contribution in [0.4, 0.5) is 0 Å². The van der Waals surface area contributed by atoms with E-state index in [2.05, 4.69) is 11.8 Å². The number of ether oxygens (including phenoxy) is 1. The number of rotatable bonds is 3. The monoisotopic (exact) mass is 158 g/mol. The fraction of sp³-hybridized carbons (Fsp3) is 1.00. The van der Waals surface area contributed by atoms with Crippen LogP contribution in [0.2, 0.25) is 0 Å². The van der Waals surface area contributed by atoms with Gasteiger partial charge in [0.15, 0.2) is 0 Å². The molecule has 0 amide bonds. The summed E-state index contributed by atoms with van der Waals surface area (Å²) >= 11 is 0. The molecule has 0 spiro atoms. The second-order valence-corrected chi connectivity index (χ2v) is 3.12. The first-order valence-electron chi connectivity index (χ1n) is 4.37. The summed E-state index contributed by atoms with van der Waals surface area (Å²) in [5.41, 5.74) is 5.42. The zero-order chi connectivity index (χ0) is 8.10. The van der Waals surface area contributed by atoms with Gasteiger partial charge in [0, 0.05) is 13.1 Å². The lowest BCUT2D eigenvalue weighted by Gasteiger charge is -2.30. The molecule has 1 fully saturated rings. The topological polar surface area (TPSA) is 38.5 Å². The molecule has 1 saturated heterocycles. The molecule has 0 aromatic carbocycles. The lowest BCUT2D eigenvalue weighted by Crippen LogP contribution is -2.41. The van der Waals surface area contributed by atoms with E-state index in [1.165, 1.54) is 0 Å². The van der Waals surface area contributed by atoms with E-state index in [1.54, 1.807) is 0 Å². The van der Waals surface area contributed by atoms with E-state index in [-0.39, 0.29) is 0 Å². The maximum Gasteiger partial charge on any atom is 0.0674 e. The molecule has 1 heterocycles. The Morgan fingerprint density at radius 3 is 3.09 bits per heavy atom. The minimum atomic E-state index is 0.404. The van der Waals surface area contributed by atoms with Crippen molar-refractivity contribution >= 4 is 0 Å². The molecule has 3 nitrogen and oxygen atoms in total. The number of morpholine rings is 1. The van der Waals surface area contributed by atoms with E-state index in [4.69, 9.17) is 10.5 Å². The Morgan fingerprint density at radius 2 is 2.45 bits per heavy atom. The summed E-state index contributed by atoms with van der Waals surface area (Å²) in [7, 11) is 0. The predicted molar refractivity (Wildman–Crippen MR) is 45.5 cm³/mol. The first-order valence-corrected chi connectivity index (χ1v) is 4.37. The summed E-state index contributed by atoms with van der Waals surface area (Å²) in [6.07, 6.45) is 1.51. The van der Waals surface area contributed by atoms with E-state index in [0.29, 0.717) is 6.10 Å². The largest absolute Gasteiger partial charge is 0.376 e. The van der Waals surface area contributed by atoms with E-state index < -0.39 is 0 Å². The van der Waals surface area contributed by atoms with Crippen molar-refractivity contribution in [1.82, 2.24) is 4.90 Å². The molecule has 1 rings (SSSR count). The summed E-state index contributed by atoms with van der Waals surface area (Å²) in [6.45, 7) is 7.07. The molecule has 1 atom stereocenters. The van der Waals surface area contributed by atoms with Gasteiger partial charge in [-0.3, -0.25) is 4.90 Å². The summed E-state index contributed by atoms with van der Waals surface area (Å²) in [6, 6.07) is 0. The molecular weight excluding hydrogens is 140 g/mol. The maximum absolute atomic E-state index is 5.42. The van der Waals surface area contributed by atoms with Crippen molar-refractivity contribution in [2.75, 3.05) is 32.8 Å². The molecular formula is C8H18N2O. The van der Waals surface area contributed by atoms with Crippen molar-refractivity contribution in [3.8, 4) is 0 Å². The molecule has 3 heteroatoms. The first-order chi connectivity index (χ1) is 5.33. The number of hydrogen-bond acceptors (Lipinski definition) is 3. The molecule has 11 heavy (non-hydrogen) atoms. The van der Waals surface area contributed by atoms with Crippen LogP contribution in [0.3, 0.4) is 0 Å². The third kappa shape index (κ3) is 3.18. The van der Waals surface area contributed by atoms with Crippen LogP contribution in [0, 0.1) is 0 Å². The molecule has 0 aromatic rings. The molecule has 0 aliphatic carbocycles. The Labute approximate surface area is 68.5 Å². The van der Waals surface area contributed by atoms with Crippen molar-refractivity contribution in [2.24, 2.45) is 5.73 Å². The Hall–Kier alpha value is -0.120. The summed E-state index contributed by atoms with van der Waals surface area (Å²) in [5.74, 6) is 0. The van der Waals surface area contributed by atoms with Crippen molar-refractivity contribution in [3.63, 3.8) is 0 Å². The van der Waals surface area contributed by atoms with E-state index in [1.807, 2.05) is 0 Å². The second-order valence-electron chi connectivity index (χ2n) is 3.12. The van der Waals surface area contributed by atoms with Gasteiger partial charge in [0.05, 0.1) is 12.7 Å². The fourth-order valence-electron chi connectivity index (χ4n) is 1.41. The predicted octanol–water partition coefficient (Wildman–Crippen LogP) is 0.0559. The molecule has 0 unspecified atom stereocenters. The molecule has 1 aliphatic rings. The average Bonchev–Trinajstić information content (AvgIpc) is 2.01. The molecule has 1 aliphatic heterocycles. The lowest BCUT2D eigenvalue weighted by molar-refractivity contribution is -0.0182. The smallest absolute Gasteiger partial charge is 0.0674 e.